The summed E-state index contributed by atoms with van der Waals surface area (Å²) < 4.78 is 0. The molecule has 1 aromatic heterocycles. The first-order valence-electron chi connectivity index (χ1n) is 4.84. The van der Waals surface area contributed by atoms with E-state index in [9.17, 15) is 4.79 Å². The predicted octanol–water partition coefficient (Wildman–Crippen LogP) is 1.40. The molecule has 0 saturated heterocycles. The summed E-state index contributed by atoms with van der Waals surface area (Å²) in [5, 5.41) is 18.0. The summed E-state index contributed by atoms with van der Waals surface area (Å²) >= 11 is 0. The monoisotopic (exact) mass is 209 g/mol. The first-order valence-corrected chi connectivity index (χ1v) is 4.84. The third-order valence-electron chi connectivity index (χ3n) is 2.29. The van der Waals surface area contributed by atoms with E-state index in [0.717, 1.165) is 0 Å². The fourth-order valence-corrected chi connectivity index (χ4v) is 1.59. The highest BCUT2D eigenvalue weighted by atomic mass is 16.4. The van der Waals surface area contributed by atoms with E-state index < -0.39 is 11.9 Å². The Morgan fingerprint density at radius 1 is 1.53 bits per heavy atom. The van der Waals surface area contributed by atoms with Gasteiger partial charge in [0.25, 0.3) is 0 Å². The lowest BCUT2D eigenvalue weighted by atomic mass is 9.89. The van der Waals surface area contributed by atoms with Gasteiger partial charge in [0.15, 0.2) is 0 Å². The van der Waals surface area contributed by atoms with Crippen LogP contribution in [0.5, 0.6) is 0 Å². The molecule has 1 aromatic rings. The molecule has 1 unspecified atom stereocenters. The fraction of sp³-hybridized carbons (Fsp3) is 0.455. The van der Waals surface area contributed by atoms with Crippen LogP contribution in [0.4, 0.5) is 0 Å². The molecular formula is C11H15NO3. The molecule has 0 radical (unpaired) electrons. The maximum Gasteiger partial charge on any atom is 0.311 e. The number of nitrogens with zero attached hydrogens (tertiary/aromatic N) is 1. The highest BCUT2D eigenvalue weighted by Gasteiger charge is 2.23. The topological polar surface area (TPSA) is 70.4 Å². The fourth-order valence-electron chi connectivity index (χ4n) is 1.59. The van der Waals surface area contributed by atoms with E-state index in [1.807, 2.05) is 13.8 Å². The van der Waals surface area contributed by atoms with Crippen LogP contribution in [0.2, 0.25) is 0 Å². The molecule has 4 nitrogen and oxygen atoms in total. The summed E-state index contributed by atoms with van der Waals surface area (Å²) in [7, 11) is 0. The molecule has 0 saturated carbocycles. The van der Waals surface area contributed by atoms with Crippen molar-refractivity contribution in [2.45, 2.75) is 26.4 Å². The molecule has 82 valence electrons. The van der Waals surface area contributed by atoms with Gasteiger partial charge in [0, 0.05) is 6.20 Å². The van der Waals surface area contributed by atoms with Crippen molar-refractivity contribution in [1.29, 1.82) is 0 Å². The minimum absolute atomic E-state index is 0.0106. The van der Waals surface area contributed by atoms with Crippen LogP contribution < -0.4 is 0 Å². The molecule has 1 rings (SSSR count). The van der Waals surface area contributed by atoms with Crippen LogP contribution in [-0.2, 0) is 11.4 Å². The molecule has 15 heavy (non-hydrogen) atoms. The molecule has 0 aromatic carbocycles. The van der Waals surface area contributed by atoms with Gasteiger partial charge >= 0.3 is 5.97 Å². The van der Waals surface area contributed by atoms with Crippen LogP contribution >= 0.6 is 0 Å². The Morgan fingerprint density at radius 2 is 2.20 bits per heavy atom. The van der Waals surface area contributed by atoms with E-state index in [4.69, 9.17) is 10.2 Å². The molecule has 0 aliphatic carbocycles. The first-order chi connectivity index (χ1) is 7.06. The Labute approximate surface area is 88.6 Å². The highest BCUT2D eigenvalue weighted by Crippen LogP contribution is 2.24. The molecule has 1 heterocycles. The van der Waals surface area contributed by atoms with Crippen LogP contribution in [-0.4, -0.2) is 21.2 Å². The average Bonchev–Trinajstić information content (AvgIpc) is 2.17. The summed E-state index contributed by atoms with van der Waals surface area (Å²) in [6, 6.07) is 3.32. The smallest absolute Gasteiger partial charge is 0.311 e. The molecular weight excluding hydrogens is 194 g/mol. The lowest BCUT2D eigenvalue weighted by molar-refractivity contribution is -0.139. The Morgan fingerprint density at radius 3 is 2.67 bits per heavy atom. The van der Waals surface area contributed by atoms with Crippen LogP contribution in [0.1, 0.15) is 31.0 Å². The van der Waals surface area contributed by atoms with Crippen LogP contribution in [0.25, 0.3) is 0 Å². The van der Waals surface area contributed by atoms with Crippen molar-refractivity contribution >= 4 is 5.97 Å². The minimum Gasteiger partial charge on any atom is -0.481 e. The number of hydrogen-bond donors (Lipinski definition) is 2. The standard InChI is InChI=1S/C11H15NO3/c1-7(2)10(11(14)15)8-3-4-12-9(5-8)6-13/h3-5,7,10,13H,6H2,1-2H3,(H,14,15). The third kappa shape index (κ3) is 2.76. The van der Waals surface area contributed by atoms with E-state index in [0.29, 0.717) is 11.3 Å². The number of carboxylic acids is 1. The van der Waals surface area contributed by atoms with Gasteiger partial charge in [0.2, 0.25) is 0 Å². The van der Waals surface area contributed by atoms with Crippen LogP contribution in [0, 0.1) is 5.92 Å². The Bertz CT molecular complexity index is 349. The molecule has 0 aliphatic rings. The van der Waals surface area contributed by atoms with E-state index in [1.54, 1.807) is 12.1 Å². The van der Waals surface area contributed by atoms with Gasteiger partial charge in [-0.05, 0) is 23.6 Å². The third-order valence-corrected chi connectivity index (χ3v) is 2.29. The number of carbonyl (C=O) groups is 1. The summed E-state index contributed by atoms with van der Waals surface area (Å²) in [6.07, 6.45) is 1.53. The Hall–Kier alpha value is -1.42. The van der Waals surface area contributed by atoms with Crippen molar-refractivity contribution in [2.24, 2.45) is 5.92 Å². The van der Waals surface area contributed by atoms with E-state index in [1.165, 1.54) is 6.20 Å². The van der Waals surface area contributed by atoms with Gasteiger partial charge in [-0.2, -0.15) is 0 Å². The van der Waals surface area contributed by atoms with E-state index >= 15 is 0 Å². The zero-order valence-electron chi connectivity index (χ0n) is 8.84. The van der Waals surface area contributed by atoms with Crippen molar-refractivity contribution < 1.29 is 15.0 Å². The number of carboxylic acid groups (broad SMARTS) is 1. The molecule has 0 spiro atoms. The van der Waals surface area contributed by atoms with Gasteiger partial charge in [-0.3, -0.25) is 9.78 Å². The van der Waals surface area contributed by atoms with E-state index in [-0.39, 0.29) is 12.5 Å². The van der Waals surface area contributed by atoms with Gasteiger partial charge in [-0.25, -0.2) is 0 Å². The number of pyridine rings is 1. The Kier molecular flexibility index (Phi) is 3.80. The van der Waals surface area contributed by atoms with Gasteiger partial charge < -0.3 is 10.2 Å². The van der Waals surface area contributed by atoms with Crippen molar-refractivity contribution in [3.8, 4) is 0 Å². The van der Waals surface area contributed by atoms with Gasteiger partial charge in [-0.1, -0.05) is 13.8 Å². The van der Waals surface area contributed by atoms with Crippen molar-refractivity contribution in [1.82, 2.24) is 4.98 Å². The van der Waals surface area contributed by atoms with Gasteiger partial charge in [0.1, 0.15) is 0 Å². The number of rotatable bonds is 4. The summed E-state index contributed by atoms with van der Waals surface area (Å²) in [4.78, 5) is 15.0. The van der Waals surface area contributed by atoms with Gasteiger partial charge in [0.05, 0.1) is 18.2 Å². The number of aromatic nitrogens is 1. The molecule has 1 atom stereocenters. The maximum absolute atomic E-state index is 11.1. The number of aliphatic hydroxyl groups excluding tert-OH is 1. The minimum atomic E-state index is -0.847. The maximum atomic E-state index is 11.1. The molecule has 0 amide bonds. The van der Waals surface area contributed by atoms with Crippen LogP contribution in [0.15, 0.2) is 18.3 Å². The van der Waals surface area contributed by atoms with Crippen molar-refractivity contribution in [3.63, 3.8) is 0 Å². The van der Waals surface area contributed by atoms with Crippen molar-refractivity contribution in [2.75, 3.05) is 0 Å². The lowest BCUT2D eigenvalue weighted by Gasteiger charge is -2.16. The SMILES string of the molecule is CC(C)C(C(=O)O)c1ccnc(CO)c1. The lowest BCUT2D eigenvalue weighted by Crippen LogP contribution is -2.17. The molecule has 0 aliphatic heterocycles. The normalized spacial score (nSPS) is 12.8. The number of hydrogen-bond acceptors (Lipinski definition) is 3. The zero-order chi connectivity index (χ0) is 11.4. The molecule has 4 heteroatoms. The largest absolute Gasteiger partial charge is 0.481 e. The second-order valence-corrected chi connectivity index (χ2v) is 3.80. The second kappa shape index (κ2) is 4.89. The Balaban J connectivity index is 3.05. The van der Waals surface area contributed by atoms with Crippen LogP contribution in [0.3, 0.4) is 0 Å². The zero-order valence-corrected chi connectivity index (χ0v) is 8.84. The predicted molar refractivity (Wildman–Crippen MR) is 55.4 cm³/mol. The molecule has 2 N–H and O–H groups in total. The molecule has 0 bridgehead atoms. The number of aliphatic hydroxyl groups is 1. The second-order valence-electron chi connectivity index (χ2n) is 3.80. The summed E-state index contributed by atoms with van der Waals surface area (Å²) in [5.41, 5.74) is 1.19. The average molecular weight is 209 g/mol. The quantitative estimate of drug-likeness (QED) is 0.786. The first kappa shape index (κ1) is 11.7. The molecule has 0 fully saturated rings. The summed E-state index contributed by atoms with van der Waals surface area (Å²) in [5.74, 6) is -1.38. The van der Waals surface area contributed by atoms with Gasteiger partial charge in [-0.15, -0.1) is 0 Å². The number of aliphatic carboxylic acids is 1. The highest BCUT2D eigenvalue weighted by molar-refractivity contribution is 5.76. The van der Waals surface area contributed by atoms with Crippen molar-refractivity contribution in [3.05, 3.63) is 29.6 Å². The van der Waals surface area contributed by atoms with E-state index in [2.05, 4.69) is 4.98 Å². The summed E-state index contributed by atoms with van der Waals surface area (Å²) in [6.45, 7) is 3.55.